The Balaban J connectivity index is 1.83. The lowest BCUT2D eigenvalue weighted by Gasteiger charge is -2.25. The number of aromatic hydroxyl groups is 1. The number of hydrogen-bond acceptors (Lipinski definition) is 4. The molecule has 1 aliphatic rings. The fourth-order valence-electron chi connectivity index (χ4n) is 3.93. The summed E-state index contributed by atoms with van der Waals surface area (Å²) >= 11 is 6.32. The smallest absolute Gasteiger partial charge is 0.295 e. The zero-order valence-corrected chi connectivity index (χ0v) is 16.7. The lowest BCUT2D eigenvalue weighted by Crippen LogP contribution is -2.29. The van der Waals surface area contributed by atoms with Gasteiger partial charge in [0.15, 0.2) is 5.43 Å². The highest BCUT2D eigenvalue weighted by Gasteiger charge is 2.43. The first-order valence-corrected chi connectivity index (χ1v) is 9.78. The normalized spacial score (nSPS) is 15.6. The summed E-state index contributed by atoms with van der Waals surface area (Å²) in [5.74, 6) is -0.384. The summed E-state index contributed by atoms with van der Waals surface area (Å²) < 4.78 is 5.90. The third-order valence-electron chi connectivity index (χ3n) is 5.40. The Morgan fingerprint density at radius 3 is 2.57 bits per heavy atom. The van der Waals surface area contributed by atoms with Crippen LogP contribution in [0.2, 0.25) is 5.02 Å². The van der Waals surface area contributed by atoms with Crippen LogP contribution < -0.4 is 10.3 Å². The van der Waals surface area contributed by atoms with E-state index < -0.39 is 11.9 Å². The van der Waals surface area contributed by atoms with E-state index in [9.17, 15) is 14.7 Å². The van der Waals surface area contributed by atoms with Crippen LogP contribution in [0.25, 0.3) is 11.0 Å². The Hall–Kier alpha value is -3.57. The maximum absolute atomic E-state index is 13.4. The van der Waals surface area contributed by atoms with Gasteiger partial charge in [0, 0.05) is 10.7 Å². The van der Waals surface area contributed by atoms with Crippen molar-refractivity contribution in [2.45, 2.75) is 13.0 Å². The van der Waals surface area contributed by atoms with Crippen molar-refractivity contribution in [1.29, 1.82) is 0 Å². The first kappa shape index (κ1) is 18.5. The topological polar surface area (TPSA) is 70.8 Å². The van der Waals surface area contributed by atoms with E-state index in [1.807, 2.05) is 13.0 Å². The van der Waals surface area contributed by atoms with Crippen LogP contribution >= 0.6 is 11.6 Å². The molecule has 1 aromatic heterocycles. The SMILES string of the molecule is Cc1ccc(N2C(=O)c3oc4ccccc4c(=O)c3C2c2cccc(O)c2)cc1Cl. The number of aryl methyl sites for hydroxylation is 1. The second-order valence-corrected chi connectivity index (χ2v) is 7.68. The molecule has 1 N–H and O–H groups in total. The molecular formula is C24H16ClNO4. The summed E-state index contributed by atoms with van der Waals surface area (Å²) in [6.45, 7) is 1.87. The van der Waals surface area contributed by atoms with Crippen LogP contribution in [0.15, 0.2) is 75.9 Å². The molecule has 5 nitrogen and oxygen atoms in total. The minimum absolute atomic E-state index is 0.00346. The zero-order valence-electron chi connectivity index (χ0n) is 15.9. The maximum Gasteiger partial charge on any atom is 0.295 e. The van der Waals surface area contributed by atoms with E-state index in [1.165, 1.54) is 11.0 Å². The van der Waals surface area contributed by atoms with E-state index in [4.69, 9.17) is 16.0 Å². The lowest BCUT2D eigenvalue weighted by molar-refractivity contribution is 0.0971. The second-order valence-electron chi connectivity index (χ2n) is 7.28. The fourth-order valence-corrected chi connectivity index (χ4v) is 4.10. The van der Waals surface area contributed by atoms with Gasteiger partial charge < -0.3 is 9.52 Å². The Labute approximate surface area is 176 Å². The van der Waals surface area contributed by atoms with E-state index in [2.05, 4.69) is 0 Å². The molecule has 1 atom stereocenters. The number of para-hydroxylation sites is 1. The van der Waals surface area contributed by atoms with Crippen LogP contribution in [0.3, 0.4) is 0 Å². The highest BCUT2D eigenvalue weighted by molar-refractivity contribution is 6.31. The van der Waals surface area contributed by atoms with Crippen molar-refractivity contribution >= 4 is 34.2 Å². The predicted octanol–water partition coefficient (Wildman–Crippen LogP) is 5.21. The van der Waals surface area contributed by atoms with Crippen molar-refractivity contribution in [3.63, 3.8) is 0 Å². The molecule has 0 fully saturated rings. The van der Waals surface area contributed by atoms with Crippen molar-refractivity contribution in [3.8, 4) is 5.75 Å². The third kappa shape index (κ3) is 2.70. The summed E-state index contributed by atoms with van der Waals surface area (Å²) in [5, 5.41) is 11.0. The van der Waals surface area contributed by atoms with Gasteiger partial charge in [-0.3, -0.25) is 14.5 Å². The number of fused-ring (bicyclic) bond motifs is 2. The molecule has 0 bridgehead atoms. The van der Waals surface area contributed by atoms with Gasteiger partial charge in [0.25, 0.3) is 5.91 Å². The standard InChI is InChI=1S/C24H16ClNO4/c1-13-9-10-15(12-18(13)25)26-21(14-5-4-6-16(27)11-14)20-22(28)17-7-2-3-8-19(17)30-23(20)24(26)29/h2-12,21,27H,1H3. The van der Waals surface area contributed by atoms with Gasteiger partial charge in [0.2, 0.25) is 5.76 Å². The largest absolute Gasteiger partial charge is 0.508 e. The minimum atomic E-state index is -0.751. The van der Waals surface area contributed by atoms with E-state index in [0.717, 1.165) is 5.56 Å². The fraction of sp³-hybridized carbons (Fsp3) is 0.0833. The van der Waals surface area contributed by atoms with Gasteiger partial charge in [-0.2, -0.15) is 0 Å². The van der Waals surface area contributed by atoms with Crippen molar-refractivity contribution in [2.75, 3.05) is 4.90 Å². The highest BCUT2D eigenvalue weighted by atomic mass is 35.5. The number of carbonyl (C=O) groups is 1. The third-order valence-corrected chi connectivity index (χ3v) is 5.80. The molecule has 0 radical (unpaired) electrons. The van der Waals surface area contributed by atoms with E-state index >= 15 is 0 Å². The van der Waals surface area contributed by atoms with Crippen molar-refractivity contribution in [1.82, 2.24) is 0 Å². The number of nitrogens with zero attached hydrogens (tertiary/aromatic N) is 1. The number of benzene rings is 3. The van der Waals surface area contributed by atoms with E-state index in [0.29, 0.717) is 27.2 Å². The number of phenolic OH excluding ortho intramolecular Hbond substituents is 1. The molecule has 6 heteroatoms. The van der Waals surface area contributed by atoms with Gasteiger partial charge in [-0.15, -0.1) is 0 Å². The highest BCUT2D eigenvalue weighted by Crippen LogP contribution is 2.42. The molecular weight excluding hydrogens is 402 g/mol. The van der Waals surface area contributed by atoms with Crippen molar-refractivity contribution in [3.05, 3.63) is 104 Å². The van der Waals surface area contributed by atoms with E-state index in [1.54, 1.807) is 54.6 Å². The molecule has 1 amide bonds. The maximum atomic E-state index is 13.4. The number of rotatable bonds is 2. The van der Waals surface area contributed by atoms with Gasteiger partial charge in [-0.05, 0) is 54.4 Å². The van der Waals surface area contributed by atoms with Gasteiger partial charge in [-0.1, -0.05) is 41.9 Å². The van der Waals surface area contributed by atoms with Crippen LogP contribution in [0.4, 0.5) is 5.69 Å². The van der Waals surface area contributed by atoms with Crippen LogP contribution in [-0.2, 0) is 0 Å². The first-order chi connectivity index (χ1) is 14.5. The molecule has 0 saturated carbocycles. The predicted molar refractivity (Wildman–Crippen MR) is 115 cm³/mol. The van der Waals surface area contributed by atoms with Gasteiger partial charge in [0.1, 0.15) is 11.3 Å². The van der Waals surface area contributed by atoms with Gasteiger partial charge >= 0.3 is 0 Å². The number of hydrogen-bond donors (Lipinski definition) is 1. The quantitative estimate of drug-likeness (QED) is 0.486. The molecule has 4 aromatic rings. The Morgan fingerprint density at radius 2 is 1.80 bits per heavy atom. The van der Waals surface area contributed by atoms with Crippen molar-refractivity contribution in [2.24, 2.45) is 0 Å². The number of carbonyl (C=O) groups excluding carboxylic acids is 1. The molecule has 5 rings (SSSR count). The molecule has 2 heterocycles. The average molecular weight is 418 g/mol. The molecule has 1 aliphatic heterocycles. The minimum Gasteiger partial charge on any atom is -0.508 e. The summed E-state index contributed by atoms with van der Waals surface area (Å²) in [7, 11) is 0. The van der Waals surface area contributed by atoms with Crippen LogP contribution in [0, 0.1) is 6.92 Å². The molecule has 3 aromatic carbocycles. The molecule has 0 aliphatic carbocycles. The van der Waals surface area contributed by atoms with Gasteiger partial charge in [0.05, 0.1) is 17.0 Å². The number of anilines is 1. The summed E-state index contributed by atoms with van der Waals surface area (Å²) in [4.78, 5) is 28.3. The summed E-state index contributed by atoms with van der Waals surface area (Å²) in [5.41, 5.74) is 2.35. The number of phenols is 1. The zero-order chi connectivity index (χ0) is 21.0. The van der Waals surface area contributed by atoms with E-state index in [-0.39, 0.29) is 22.5 Å². The Morgan fingerprint density at radius 1 is 1.00 bits per heavy atom. The summed E-state index contributed by atoms with van der Waals surface area (Å²) in [6.07, 6.45) is 0. The van der Waals surface area contributed by atoms with Crippen LogP contribution in [-0.4, -0.2) is 11.0 Å². The second kappa shape index (κ2) is 6.75. The number of halogens is 1. The van der Waals surface area contributed by atoms with Gasteiger partial charge in [-0.25, -0.2) is 0 Å². The number of amides is 1. The average Bonchev–Trinajstić information content (AvgIpc) is 3.03. The molecule has 148 valence electrons. The van der Waals surface area contributed by atoms with Crippen molar-refractivity contribution < 1.29 is 14.3 Å². The Kier molecular flexibility index (Phi) is 4.15. The lowest BCUT2D eigenvalue weighted by atomic mass is 9.98. The monoisotopic (exact) mass is 417 g/mol. The Bertz CT molecular complexity index is 1390. The summed E-state index contributed by atoms with van der Waals surface area (Å²) in [6, 6.07) is 17.9. The molecule has 0 saturated heterocycles. The molecule has 30 heavy (non-hydrogen) atoms. The molecule has 0 spiro atoms. The van der Waals surface area contributed by atoms with Crippen LogP contribution in [0.1, 0.15) is 33.3 Å². The molecule has 1 unspecified atom stereocenters. The van der Waals surface area contributed by atoms with Crippen LogP contribution in [0.5, 0.6) is 5.75 Å². The first-order valence-electron chi connectivity index (χ1n) is 9.40.